The van der Waals surface area contributed by atoms with E-state index in [2.05, 4.69) is 43.0 Å². The van der Waals surface area contributed by atoms with Gasteiger partial charge < -0.3 is 10.6 Å². The lowest BCUT2D eigenvalue weighted by Gasteiger charge is -2.48. The molecule has 18 heavy (non-hydrogen) atoms. The van der Waals surface area contributed by atoms with Crippen LogP contribution in [0.2, 0.25) is 0 Å². The minimum absolute atomic E-state index is 0.0141. The van der Waals surface area contributed by atoms with Crippen LogP contribution in [0.15, 0.2) is 30.3 Å². The van der Waals surface area contributed by atoms with E-state index in [1.165, 1.54) is 10.9 Å². The monoisotopic (exact) mass is 241 g/mol. The summed E-state index contributed by atoms with van der Waals surface area (Å²) < 4.78 is 0. The van der Waals surface area contributed by atoms with Gasteiger partial charge in [-0.05, 0) is 31.0 Å². The average Bonchev–Trinajstić information content (AvgIpc) is 2.34. The van der Waals surface area contributed by atoms with E-state index in [1.54, 1.807) is 0 Å². The van der Waals surface area contributed by atoms with Gasteiger partial charge in [0, 0.05) is 18.5 Å². The molecule has 0 atom stereocenters. The molecule has 2 aromatic rings. The molecule has 3 nitrogen and oxygen atoms in total. The quantitative estimate of drug-likeness (QED) is 0.878. The van der Waals surface area contributed by atoms with Gasteiger partial charge in [-0.25, -0.2) is 4.98 Å². The first-order valence-corrected chi connectivity index (χ1v) is 6.51. The second-order valence-corrected chi connectivity index (χ2v) is 5.39. The minimum Gasteiger partial charge on any atom is -0.353 e. The number of aryl methyl sites for hydroxylation is 1. The molecular formula is C15H19N3. The molecule has 2 heterocycles. The van der Waals surface area contributed by atoms with Gasteiger partial charge in [0.1, 0.15) is 5.82 Å². The highest BCUT2D eigenvalue weighted by Gasteiger charge is 2.38. The molecule has 0 aliphatic carbocycles. The second kappa shape index (κ2) is 3.95. The first-order chi connectivity index (χ1) is 8.61. The Bertz CT molecular complexity index is 585. The standard InChI is InChI=1S/C15H19N3/c1-3-15(16)9-18(10-15)14-11(2)8-12-6-4-5-7-13(12)17-14/h4-8H,3,9-10,16H2,1-2H3. The lowest BCUT2D eigenvalue weighted by molar-refractivity contribution is 0.320. The largest absolute Gasteiger partial charge is 0.353 e. The SMILES string of the molecule is CCC1(N)CN(c2nc3ccccc3cc2C)C1. The number of nitrogens with two attached hydrogens (primary N) is 1. The Morgan fingerprint density at radius 2 is 2.06 bits per heavy atom. The molecule has 1 aliphatic heterocycles. The normalized spacial score (nSPS) is 17.8. The van der Waals surface area contributed by atoms with Gasteiger partial charge in [-0.1, -0.05) is 25.1 Å². The molecule has 0 unspecified atom stereocenters. The molecule has 2 N–H and O–H groups in total. The molecule has 0 bridgehead atoms. The van der Waals surface area contributed by atoms with Crippen LogP contribution in [0.4, 0.5) is 5.82 Å². The maximum Gasteiger partial charge on any atom is 0.132 e. The number of benzene rings is 1. The van der Waals surface area contributed by atoms with Gasteiger partial charge in [0.2, 0.25) is 0 Å². The predicted molar refractivity (Wildman–Crippen MR) is 75.9 cm³/mol. The first kappa shape index (κ1) is 11.5. The zero-order chi connectivity index (χ0) is 12.8. The average molecular weight is 241 g/mol. The number of para-hydroxylation sites is 1. The van der Waals surface area contributed by atoms with E-state index in [9.17, 15) is 0 Å². The highest BCUT2D eigenvalue weighted by atomic mass is 15.3. The molecule has 94 valence electrons. The summed E-state index contributed by atoms with van der Waals surface area (Å²) in [6.45, 7) is 6.10. The summed E-state index contributed by atoms with van der Waals surface area (Å²) in [5, 5.41) is 1.20. The topological polar surface area (TPSA) is 42.1 Å². The molecule has 0 saturated carbocycles. The third-order valence-electron chi connectivity index (χ3n) is 3.90. The number of anilines is 1. The fraction of sp³-hybridized carbons (Fsp3) is 0.400. The lowest BCUT2D eigenvalue weighted by Crippen LogP contribution is -2.67. The Balaban J connectivity index is 1.96. The van der Waals surface area contributed by atoms with Crippen LogP contribution in [0.25, 0.3) is 10.9 Å². The summed E-state index contributed by atoms with van der Waals surface area (Å²) in [6.07, 6.45) is 1.02. The Hall–Kier alpha value is -1.61. The van der Waals surface area contributed by atoms with Crippen molar-refractivity contribution < 1.29 is 0 Å². The van der Waals surface area contributed by atoms with Crippen LogP contribution in [0.5, 0.6) is 0 Å². The Morgan fingerprint density at radius 3 is 2.78 bits per heavy atom. The van der Waals surface area contributed by atoms with E-state index in [0.717, 1.165) is 30.8 Å². The van der Waals surface area contributed by atoms with E-state index in [4.69, 9.17) is 10.7 Å². The van der Waals surface area contributed by atoms with Crippen molar-refractivity contribution in [2.75, 3.05) is 18.0 Å². The third-order valence-corrected chi connectivity index (χ3v) is 3.90. The molecule has 1 aromatic carbocycles. The number of nitrogens with zero attached hydrogens (tertiary/aromatic N) is 2. The number of pyridine rings is 1. The Labute approximate surface area is 108 Å². The molecule has 1 aliphatic rings. The van der Waals surface area contributed by atoms with E-state index < -0.39 is 0 Å². The van der Waals surface area contributed by atoms with Crippen molar-refractivity contribution in [2.24, 2.45) is 5.73 Å². The van der Waals surface area contributed by atoms with Crippen LogP contribution in [0.1, 0.15) is 18.9 Å². The van der Waals surface area contributed by atoms with Gasteiger partial charge in [-0.2, -0.15) is 0 Å². The molecule has 0 spiro atoms. The lowest BCUT2D eigenvalue weighted by atomic mass is 9.88. The molecule has 1 aromatic heterocycles. The molecule has 1 saturated heterocycles. The first-order valence-electron chi connectivity index (χ1n) is 6.51. The summed E-state index contributed by atoms with van der Waals surface area (Å²) >= 11 is 0. The number of rotatable bonds is 2. The van der Waals surface area contributed by atoms with Crippen LogP contribution in [0, 0.1) is 6.92 Å². The highest BCUT2D eigenvalue weighted by molar-refractivity contribution is 5.81. The van der Waals surface area contributed by atoms with Crippen molar-refractivity contribution in [3.05, 3.63) is 35.9 Å². The van der Waals surface area contributed by atoms with Gasteiger partial charge in [-0.3, -0.25) is 0 Å². The maximum atomic E-state index is 6.22. The van der Waals surface area contributed by atoms with Crippen LogP contribution in [-0.4, -0.2) is 23.6 Å². The minimum atomic E-state index is -0.0141. The summed E-state index contributed by atoms with van der Waals surface area (Å²) in [7, 11) is 0. The highest BCUT2D eigenvalue weighted by Crippen LogP contribution is 2.30. The van der Waals surface area contributed by atoms with Crippen molar-refractivity contribution in [1.82, 2.24) is 4.98 Å². The van der Waals surface area contributed by atoms with E-state index in [0.29, 0.717) is 0 Å². The summed E-state index contributed by atoms with van der Waals surface area (Å²) in [5.41, 5.74) is 8.50. The third kappa shape index (κ3) is 1.75. The maximum absolute atomic E-state index is 6.22. The number of aromatic nitrogens is 1. The van der Waals surface area contributed by atoms with E-state index >= 15 is 0 Å². The second-order valence-electron chi connectivity index (χ2n) is 5.39. The van der Waals surface area contributed by atoms with Crippen LogP contribution >= 0.6 is 0 Å². The summed E-state index contributed by atoms with van der Waals surface area (Å²) in [5.74, 6) is 1.09. The Morgan fingerprint density at radius 1 is 1.33 bits per heavy atom. The zero-order valence-electron chi connectivity index (χ0n) is 11.0. The van der Waals surface area contributed by atoms with Gasteiger partial charge in [-0.15, -0.1) is 0 Å². The van der Waals surface area contributed by atoms with Crippen molar-refractivity contribution in [3.8, 4) is 0 Å². The molecule has 0 radical (unpaired) electrons. The Kier molecular flexibility index (Phi) is 2.52. The van der Waals surface area contributed by atoms with Gasteiger partial charge in [0.15, 0.2) is 0 Å². The van der Waals surface area contributed by atoms with Crippen molar-refractivity contribution >= 4 is 16.7 Å². The van der Waals surface area contributed by atoms with Crippen molar-refractivity contribution in [2.45, 2.75) is 25.8 Å². The van der Waals surface area contributed by atoms with Gasteiger partial charge in [0.05, 0.1) is 11.1 Å². The molecule has 1 fully saturated rings. The van der Waals surface area contributed by atoms with E-state index in [1.807, 2.05) is 6.07 Å². The smallest absolute Gasteiger partial charge is 0.132 e. The van der Waals surface area contributed by atoms with Crippen LogP contribution in [0.3, 0.4) is 0 Å². The fourth-order valence-corrected chi connectivity index (χ4v) is 2.62. The summed E-state index contributed by atoms with van der Waals surface area (Å²) in [6, 6.07) is 10.5. The van der Waals surface area contributed by atoms with Crippen molar-refractivity contribution in [1.29, 1.82) is 0 Å². The number of hydrogen-bond donors (Lipinski definition) is 1. The molecule has 3 rings (SSSR count). The number of hydrogen-bond acceptors (Lipinski definition) is 3. The summed E-state index contributed by atoms with van der Waals surface area (Å²) in [4.78, 5) is 7.05. The van der Waals surface area contributed by atoms with Crippen LogP contribution in [-0.2, 0) is 0 Å². The van der Waals surface area contributed by atoms with Gasteiger partial charge in [0.25, 0.3) is 0 Å². The predicted octanol–water partition coefficient (Wildman–Crippen LogP) is 2.47. The van der Waals surface area contributed by atoms with Crippen molar-refractivity contribution in [3.63, 3.8) is 0 Å². The molecule has 3 heteroatoms. The van der Waals surface area contributed by atoms with Gasteiger partial charge >= 0.3 is 0 Å². The number of fused-ring (bicyclic) bond motifs is 1. The zero-order valence-corrected chi connectivity index (χ0v) is 11.0. The molecular weight excluding hydrogens is 222 g/mol. The fourth-order valence-electron chi connectivity index (χ4n) is 2.62. The molecule has 0 amide bonds. The van der Waals surface area contributed by atoms with E-state index in [-0.39, 0.29) is 5.54 Å². The van der Waals surface area contributed by atoms with Crippen LogP contribution < -0.4 is 10.6 Å².